The standard InChI is InChI=1S/C37H30N4O/c1-3-23-40(27-15-7-5-8-16-27)35-29-19-11-13-21-33(29)38-25-31(35)37(42)32-26-39-34-22-14-12-20-30(34)36(32)41(24-4-2)28-17-9-6-10-18-28/h3-22,25-26H,1-2,23-24H2. The average molecular weight is 547 g/mol. The van der Waals surface area contributed by atoms with Crippen molar-refractivity contribution in [2.24, 2.45) is 0 Å². The third kappa shape index (κ3) is 4.93. The van der Waals surface area contributed by atoms with Gasteiger partial charge in [0.25, 0.3) is 0 Å². The minimum atomic E-state index is -0.161. The van der Waals surface area contributed by atoms with Crippen molar-refractivity contribution in [2.45, 2.75) is 0 Å². The predicted octanol–water partition coefficient (Wildman–Crippen LogP) is 8.66. The fourth-order valence-corrected chi connectivity index (χ4v) is 5.44. The van der Waals surface area contributed by atoms with Crippen LogP contribution in [-0.2, 0) is 0 Å². The van der Waals surface area contributed by atoms with Crippen molar-refractivity contribution in [3.8, 4) is 0 Å². The number of benzene rings is 4. The van der Waals surface area contributed by atoms with Gasteiger partial charge in [-0.25, -0.2) is 0 Å². The maximum Gasteiger partial charge on any atom is 0.200 e. The van der Waals surface area contributed by atoms with Gasteiger partial charge in [-0.05, 0) is 36.4 Å². The molecule has 2 aromatic heterocycles. The summed E-state index contributed by atoms with van der Waals surface area (Å²) in [5, 5.41) is 1.77. The molecule has 0 radical (unpaired) electrons. The van der Waals surface area contributed by atoms with E-state index < -0.39 is 0 Å². The molecule has 4 aromatic carbocycles. The lowest BCUT2D eigenvalue weighted by Crippen LogP contribution is -2.23. The van der Waals surface area contributed by atoms with Crippen LogP contribution in [0.5, 0.6) is 0 Å². The monoisotopic (exact) mass is 546 g/mol. The van der Waals surface area contributed by atoms with Gasteiger partial charge in [-0.3, -0.25) is 14.8 Å². The van der Waals surface area contributed by atoms with Crippen LogP contribution in [0.25, 0.3) is 21.8 Å². The van der Waals surface area contributed by atoms with E-state index in [-0.39, 0.29) is 5.78 Å². The first-order valence-electron chi connectivity index (χ1n) is 13.9. The Hall–Kier alpha value is -5.55. The summed E-state index contributed by atoms with van der Waals surface area (Å²) in [7, 11) is 0. The summed E-state index contributed by atoms with van der Waals surface area (Å²) in [6, 6.07) is 35.9. The number of fused-ring (bicyclic) bond motifs is 2. The number of pyridine rings is 2. The summed E-state index contributed by atoms with van der Waals surface area (Å²) in [5.41, 5.74) is 6.08. The van der Waals surface area contributed by atoms with E-state index in [0.29, 0.717) is 24.2 Å². The number of aromatic nitrogens is 2. The quantitative estimate of drug-likeness (QED) is 0.127. The van der Waals surface area contributed by atoms with Gasteiger partial charge in [-0.2, -0.15) is 0 Å². The van der Waals surface area contributed by atoms with Crippen molar-refractivity contribution >= 4 is 50.3 Å². The highest BCUT2D eigenvalue weighted by atomic mass is 16.1. The van der Waals surface area contributed by atoms with E-state index in [4.69, 9.17) is 9.97 Å². The van der Waals surface area contributed by atoms with E-state index in [0.717, 1.165) is 44.6 Å². The molecule has 0 unspecified atom stereocenters. The summed E-state index contributed by atoms with van der Waals surface area (Å²) in [6.07, 6.45) is 7.08. The molecule has 5 nitrogen and oxygen atoms in total. The maximum absolute atomic E-state index is 14.9. The Morgan fingerprint density at radius 3 is 1.36 bits per heavy atom. The number of nitrogens with zero attached hydrogens (tertiary/aromatic N) is 4. The Labute approximate surface area is 245 Å². The first-order chi connectivity index (χ1) is 20.7. The largest absolute Gasteiger partial charge is 0.336 e. The van der Waals surface area contributed by atoms with Gasteiger partial charge < -0.3 is 9.80 Å². The normalized spacial score (nSPS) is 10.9. The van der Waals surface area contributed by atoms with Crippen LogP contribution in [0.4, 0.5) is 22.7 Å². The summed E-state index contributed by atoms with van der Waals surface area (Å²) in [6.45, 7) is 9.06. The molecule has 0 spiro atoms. The number of hydrogen-bond acceptors (Lipinski definition) is 5. The van der Waals surface area contributed by atoms with Gasteiger partial charge in [0.15, 0.2) is 5.78 Å². The second-order valence-corrected chi connectivity index (χ2v) is 9.87. The first kappa shape index (κ1) is 26.7. The molecule has 0 aliphatic heterocycles. The summed E-state index contributed by atoms with van der Waals surface area (Å²) in [5.74, 6) is -0.161. The minimum absolute atomic E-state index is 0.161. The van der Waals surface area contributed by atoms with Gasteiger partial charge in [0.1, 0.15) is 0 Å². The summed E-state index contributed by atoms with van der Waals surface area (Å²) < 4.78 is 0. The summed E-state index contributed by atoms with van der Waals surface area (Å²) in [4.78, 5) is 28.6. The molecule has 0 saturated carbocycles. The molecule has 0 amide bonds. The van der Waals surface area contributed by atoms with Crippen LogP contribution in [0.1, 0.15) is 15.9 Å². The topological polar surface area (TPSA) is 49.3 Å². The van der Waals surface area contributed by atoms with E-state index in [2.05, 4.69) is 23.0 Å². The zero-order chi connectivity index (χ0) is 28.9. The number of hydrogen-bond donors (Lipinski definition) is 0. The van der Waals surface area contributed by atoms with Crippen molar-refractivity contribution in [1.29, 1.82) is 0 Å². The number of anilines is 4. The fraction of sp³-hybridized carbons (Fsp3) is 0.0541. The predicted molar refractivity (Wildman–Crippen MR) is 174 cm³/mol. The number of para-hydroxylation sites is 4. The molecule has 0 bridgehead atoms. The van der Waals surface area contributed by atoms with Crippen LogP contribution < -0.4 is 9.80 Å². The minimum Gasteiger partial charge on any atom is -0.336 e. The van der Waals surface area contributed by atoms with Crippen LogP contribution in [-0.4, -0.2) is 28.8 Å². The molecule has 6 rings (SSSR count). The molecule has 0 saturated heterocycles. The van der Waals surface area contributed by atoms with Crippen molar-refractivity contribution in [3.05, 3.63) is 158 Å². The SMILES string of the molecule is C=CCN(c1ccccc1)c1c(C(=O)c2cnc3ccccc3c2N(CC=C)c2ccccc2)cnc2ccccc12. The van der Waals surface area contributed by atoms with Crippen molar-refractivity contribution in [1.82, 2.24) is 9.97 Å². The molecule has 0 atom stereocenters. The van der Waals surface area contributed by atoms with Crippen LogP contribution in [0.15, 0.2) is 147 Å². The number of rotatable bonds is 10. The zero-order valence-corrected chi connectivity index (χ0v) is 23.2. The Morgan fingerprint density at radius 1 is 0.571 bits per heavy atom. The lowest BCUT2D eigenvalue weighted by atomic mass is 9.97. The van der Waals surface area contributed by atoms with E-state index in [9.17, 15) is 4.79 Å². The highest BCUT2D eigenvalue weighted by Gasteiger charge is 2.27. The van der Waals surface area contributed by atoms with Crippen molar-refractivity contribution in [2.75, 3.05) is 22.9 Å². The Balaban J connectivity index is 1.63. The van der Waals surface area contributed by atoms with E-state index in [1.54, 1.807) is 12.4 Å². The van der Waals surface area contributed by atoms with Crippen molar-refractivity contribution < 1.29 is 4.79 Å². The van der Waals surface area contributed by atoms with Crippen LogP contribution in [0.2, 0.25) is 0 Å². The van der Waals surface area contributed by atoms with E-state index >= 15 is 0 Å². The molecule has 42 heavy (non-hydrogen) atoms. The molecule has 204 valence electrons. The average Bonchev–Trinajstić information content (AvgIpc) is 3.06. The highest BCUT2D eigenvalue weighted by molar-refractivity contribution is 6.21. The Kier molecular flexibility index (Phi) is 7.56. The van der Waals surface area contributed by atoms with Gasteiger partial charge in [0.2, 0.25) is 0 Å². The molecule has 2 heterocycles. The molecular weight excluding hydrogens is 516 g/mol. The smallest absolute Gasteiger partial charge is 0.200 e. The maximum atomic E-state index is 14.9. The van der Waals surface area contributed by atoms with Crippen LogP contribution in [0.3, 0.4) is 0 Å². The molecular formula is C37H30N4O. The second-order valence-electron chi connectivity index (χ2n) is 9.87. The van der Waals surface area contributed by atoms with Gasteiger partial charge >= 0.3 is 0 Å². The molecule has 6 aromatic rings. The van der Waals surface area contributed by atoms with Gasteiger partial charge in [-0.15, -0.1) is 13.2 Å². The molecule has 0 aliphatic rings. The third-order valence-electron chi connectivity index (χ3n) is 7.28. The highest BCUT2D eigenvalue weighted by Crippen LogP contribution is 2.40. The van der Waals surface area contributed by atoms with Gasteiger partial charge in [0, 0.05) is 47.6 Å². The summed E-state index contributed by atoms with van der Waals surface area (Å²) >= 11 is 0. The lowest BCUT2D eigenvalue weighted by molar-refractivity contribution is 0.103. The number of carbonyl (C=O) groups excluding carboxylic acids is 1. The fourth-order valence-electron chi connectivity index (χ4n) is 5.44. The van der Waals surface area contributed by atoms with Gasteiger partial charge in [-0.1, -0.05) is 84.9 Å². The molecule has 0 fully saturated rings. The Morgan fingerprint density at radius 2 is 0.952 bits per heavy atom. The lowest BCUT2D eigenvalue weighted by Gasteiger charge is -2.29. The molecule has 0 N–H and O–H groups in total. The number of ketones is 1. The van der Waals surface area contributed by atoms with Crippen molar-refractivity contribution in [3.63, 3.8) is 0 Å². The molecule has 0 aliphatic carbocycles. The van der Waals surface area contributed by atoms with Gasteiger partial charge in [0.05, 0.1) is 33.5 Å². The van der Waals surface area contributed by atoms with E-state index in [1.807, 2.05) is 121 Å². The zero-order valence-electron chi connectivity index (χ0n) is 23.2. The number of carbonyl (C=O) groups is 1. The Bertz CT molecular complexity index is 1760. The van der Waals surface area contributed by atoms with Crippen LogP contribution in [0, 0.1) is 0 Å². The molecule has 5 heteroatoms. The van der Waals surface area contributed by atoms with E-state index in [1.165, 1.54) is 0 Å². The second kappa shape index (κ2) is 11.9. The third-order valence-corrected chi connectivity index (χ3v) is 7.28. The van der Waals surface area contributed by atoms with Crippen LogP contribution >= 0.6 is 0 Å². The first-order valence-corrected chi connectivity index (χ1v) is 13.9.